The summed E-state index contributed by atoms with van der Waals surface area (Å²) in [5, 5.41) is 0. The summed E-state index contributed by atoms with van der Waals surface area (Å²) < 4.78 is 35.6. The zero-order valence-electron chi connectivity index (χ0n) is 19.0. The molecule has 0 fully saturated rings. The molecule has 0 saturated heterocycles. The van der Waals surface area contributed by atoms with Gasteiger partial charge in [0.1, 0.15) is 4.28 Å². The van der Waals surface area contributed by atoms with E-state index in [0.29, 0.717) is 0 Å². The van der Waals surface area contributed by atoms with Crippen LogP contribution < -0.4 is 17.1 Å². The van der Waals surface area contributed by atoms with Gasteiger partial charge in [-0.25, -0.2) is 19.0 Å². The van der Waals surface area contributed by atoms with Crippen molar-refractivity contribution in [2.24, 2.45) is 0 Å². The Kier molecular flexibility index (Phi) is 8.92. The second-order valence-corrected chi connectivity index (χ2v) is 19.2. The van der Waals surface area contributed by atoms with Crippen molar-refractivity contribution in [2.45, 2.75) is 36.9 Å². The third kappa shape index (κ3) is 4.13. The Morgan fingerprint density at radius 2 is 1.00 bits per heavy atom. The fraction of sp³-hybridized carbons (Fsp3) is 0.800. The number of aromatic amines is 2. The van der Waals surface area contributed by atoms with Crippen LogP contribution in [0, 0.1) is 0 Å². The number of nitrogens with one attached hydrogen (secondary N) is 2. The van der Waals surface area contributed by atoms with E-state index in [0.717, 1.165) is 4.57 Å². The van der Waals surface area contributed by atoms with E-state index >= 15 is 0 Å². The quantitative estimate of drug-likeness (QED) is 0.377. The standard InChI is InChI=1S/C15H33N3O9Si3/c1-22-28(7,23-2)15(29(8,24-3)25-4,30(9,26-5)27-6)10-11-18-13(20)16-12(19)17-14(18)21/h10-11H2,1-9H3,(H2,16,17,19,20,21). The summed E-state index contributed by atoms with van der Waals surface area (Å²) >= 11 is 0. The van der Waals surface area contributed by atoms with Crippen molar-refractivity contribution in [2.75, 3.05) is 42.7 Å². The zero-order chi connectivity index (χ0) is 23.4. The largest absolute Gasteiger partial charge is 0.398 e. The molecule has 0 atom stereocenters. The molecule has 0 unspecified atom stereocenters. The van der Waals surface area contributed by atoms with E-state index < -0.39 is 47.0 Å². The van der Waals surface area contributed by atoms with Crippen LogP contribution in [0.3, 0.4) is 0 Å². The summed E-state index contributed by atoms with van der Waals surface area (Å²) in [6.45, 7) is 5.46. The van der Waals surface area contributed by atoms with Gasteiger partial charge in [-0.3, -0.25) is 9.97 Å². The molecule has 0 bridgehead atoms. The highest BCUT2D eigenvalue weighted by molar-refractivity contribution is 7.06. The number of hydrogen-bond acceptors (Lipinski definition) is 9. The van der Waals surface area contributed by atoms with Crippen molar-refractivity contribution in [1.29, 1.82) is 0 Å². The molecule has 0 aliphatic rings. The van der Waals surface area contributed by atoms with Crippen LogP contribution in [-0.4, -0.2) is 82.9 Å². The first-order valence-electron chi connectivity index (χ1n) is 9.15. The van der Waals surface area contributed by atoms with Crippen LogP contribution in [0.25, 0.3) is 0 Å². The molecule has 0 aliphatic heterocycles. The molecule has 1 rings (SSSR count). The number of aromatic nitrogens is 3. The van der Waals surface area contributed by atoms with Crippen molar-refractivity contribution in [3.8, 4) is 0 Å². The molecule has 2 N–H and O–H groups in total. The second-order valence-electron chi connectivity index (χ2n) is 7.06. The zero-order valence-corrected chi connectivity index (χ0v) is 22.0. The lowest BCUT2D eigenvalue weighted by molar-refractivity contribution is 0.158. The van der Waals surface area contributed by atoms with E-state index in [1.54, 1.807) is 0 Å². The molecule has 0 saturated carbocycles. The molecule has 1 aromatic heterocycles. The first kappa shape index (κ1) is 26.9. The number of nitrogens with zero attached hydrogens (tertiary/aromatic N) is 1. The number of rotatable bonds is 12. The third-order valence-corrected chi connectivity index (χ3v) is 24.6. The Morgan fingerprint density at radius 1 is 0.700 bits per heavy atom. The van der Waals surface area contributed by atoms with Crippen molar-refractivity contribution in [3.05, 3.63) is 31.5 Å². The van der Waals surface area contributed by atoms with Crippen molar-refractivity contribution in [3.63, 3.8) is 0 Å². The van der Waals surface area contributed by atoms with Gasteiger partial charge in [0, 0.05) is 49.2 Å². The fourth-order valence-electron chi connectivity index (χ4n) is 4.15. The van der Waals surface area contributed by atoms with E-state index in [-0.39, 0.29) is 13.0 Å². The summed E-state index contributed by atoms with van der Waals surface area (Å²) in [6.07, 6.45) is 0.154. The van der Waals surface area contributed by atoms with Crippen molar-refractivity contribution < 1.29 is 26.6 Å². The van der Waals surface area contributed by atoms with Gasteiger partial charge in [-0.1, -0.05) is 0 Å². The highest BCUT2D eigenvalue weighted by Gasteiger charge is 2.77. The molecule has 1 aromatic rings. The molecule has 0 amide bonds. The molecule has 174 valence electrons. The van der Waals surface area contributed by atoms with Crippen molar-refractivity contribution in [1.82, 2.24) is 14.5 Å². The second kappa shape index (κ2) is 9.96. The Morgan fingerprint density at radius 3 is 1.27 bits per heavy atom. The third-order valence-electron chi connectivity index (χ3n) is 6.30. The van der Waals surface area contributed by atoms with Crippen LogP contribution in [-0.2, 0) is 33.1 Å². The topological polar surface area (TPSA) is 143 Å². The van der Waals surface area contributed by atoms with E-state index in [9.17, 15) is 14.4 Å². The monoisotopic (exact) mass is 483 g/mol. The minimum atomic E-state index is -3.21. The number of H-pyrrole nitrogens is 2. The molecule has 15 heteroatoms. The SMILES string of the molecule is CO[Si](C)(OC)C(CCn1c(=O)[nH]c(=O)[nH]c1=O)([Si](C)(OC)OC)[Si](C)(OC)OC. The summed E-state index contributed by atoms with van der Waals surface area (Å²) in [6, 6.07) is 0. The Hall–Kier alpha value is -1.18. The average Bonchev–Trinajstić information content (AvgIpc) is 2.73. The van der Waals surface area contributed by atoms with Gasteiger partial charge in [0.25, 0.3) is 0 Å². The van der Waals surface area contributed by atoms with Crippen LogP contribution in [0.5, 0.6) is 0 Å². The van der Waals surface area contributed by atoms with Gasteiger partial charge in [-0.2, -0.15) is 0 Å². The maximum absolute atomic E-state index is 12.3. The predicted octanol–water partition coefficient (Wildman–Crippen LogP) is -0.472. The molecule has 12 nitrogen and oxygen atoms in total. The Labute approximate surface area is 178 Å². The molecule has 0 aliphatic carbocycles. The van der Waals surface area contributed by atoms with Gasteiger partial charge in [0.15, 0.2) is 0 Å². The first-order chi connectivity index (χ1) is 13.9. The smallest absolute Gasteiger partial charge is 0.344 e. The van der Waals surface area contributed by atoms with Crippen LogP contribution in [0.2, 0.25) is 23.9 Å². The van der Waals surface area contributed by atoms with Crippen molar-refractivity contribution >= 4 is 25.7 Å². The normalized spacial score (nSPS) is 13.6. The van der Waals surface area contributed by atoms with Gasteiger partial charge in [0.05, 0.1) is 0 Å². The Balaban J connectivity index is 3.90. The summed E-state index contributed by atoms with van der Waals surface area (Å²) in [7, 11) is -0.433. The maximum Gasteiger partial charge on any atom is 0.344 e. The summed E-state index contributed by atoms with van der Waals surface area (Å²) in [4.78, 5) is 40.1. The molecule has 0 radical (unpaired) electrons. The van der Waals surface area contributed by atoms with Crippen LogP contribution in [0.1, 0.15) is 6.42 Å². The molecule has 0 spiro atoms. The summed E-state index contributed by atoms with van der Waals surface area (Å²) in [5.41, 5.74) is -2.53. The highest BCUT2D eigenvalue weighted by Crippen LogP contribution is 2.57. The predicted molar refractivity (Wildman–Crippen MR) is 116 cm³/mol. The summed E-state index contributed by atoms with van der Waals surface area (Å²) in [5.74, 6) is 0. The lowest BCUT2D eigenvalue weighted by Crippen LogP contribution is -2.76. The molecule has 1 heterocycles. The minimum Gasteiger partial charge on any atom is -0.398 e. The van der Waals surface area contributed by atoms with E-state index in [4.69, 9.17) is 26.6 Å². The first-order valence-corrected chi connectivity index (χ1v) is 16.1. The average molecular weight is 484 g/mol. The molecular formula is C15H33N3O9Si3. The van der Waals surface area contributed by atoms with Gasteiger partial charge in [0.2, 0.25) is 0 Å². The van der Waals surface area contributed by atoms with Gasteiger partial charge in [-0.05, 0) is 26.1 Å². The van der Waals surface area contributed by atoms with Gasteiger partial charge >= 0.3 is 42.8 Å². The van der Waals surface area contributed by atoms with E-state index in [2.05, 4.69) is 9.97 Å². The molecule has 30 heavy (non-hydrogen) atoms. The minimum absolute atomic E-state index is 0.0785. The molecule has 0 aromatic carbocycles. The fourth-order valence-corrected chi connectivity index (χ4v) is 22.0. The maximum atomic E-state index is 12.3. The highest BCUT2D eigenvalue weighted by atomic mass is 28.5. The van der Waals surface area contributed by atoms with Gasteiger partial charge in [-0.15, -0.1) is 0 Å². The van der Waals surface area contributed by atoms with Crippen LogP contribution in [0.15, 0.2) is 14.4 Å². The Bertz CT molecular complexity index is 793. The molecular weight excluding hydrogens is 450 g/mol. The van der Waals surface area contributed by atoms with Crippen LogP contribution >= 0.6 is 0 Å². The lowest BCUT2D eigenvalue weighted by Gasteiger charge is -2.56. The lowest BCUT2D eigenvalue weighted by atomic mass is 10.4. The van der Waals surface area contributed by atoms with E-state index in [1.807, 2.05) is 19.6 Å². The van der Waals surface area contributed by atoms with Gasteiger partial charge < -0.3 is 26.6 Å². The van der Waals surface area contributed by atoms with E-state index in [1.165, 1.54) is 42.7 Å². The van der Waals surface area contributed by atoms with Crippen LogP contribution in [0.4, 0.5) is 0 Å². The number of hydrogen-bond donors (Lipinski definition) is 2.